The van der Waals surface area contributed by atoms with Crippen LogP contribution in [-0.4, -0.2) is 55.1 Å². The predicted molar refractivity (Wildman–Crippen MR) is 64.7 cm³/mol. The van der Waals surface area contributed by atoms with Gasteiger partial charge < -0.3 is 14.5 Å². The number of piperidine rings is 1. The van der Waals surface area contributed by atoms with Gasteiger partial charge >= 0.3 is 12.0 Å². The van der Waals surface area contributed by atoms with Crippen LogP contribution >= 0.6 is 0 Å². The number of nitrogens with zero attached hydrogens (tertiary/aromatic N) is 2. The zero-order valence-electron chi connectivity index (χ0n) is 10.9. The lowest BCUT2D eigenvalue weighted by Crippen LogP contribution is -2.49. The van der Waals surface area contributed by atoms with Gasteiger partial charge in [0.1, 0.15) is 0 Å². The summed E-state index contributed by atoms with van der Waals surface area (Å²) in [7, 11) is 3.17. The number of amides is 2. The van der Waals surface area contributed by atoms with Crippen LogP contribution in [0.4, 0.5) is 4.79 Å². The highest BCUT2D eigenvalue weighted by Crippen LogP contribution is 2.21. The lowest BCUT2D eigenvalue weighted by atomic mass is 10.00. The third kappa shape index (κ3) is 3.61. The zero-order chi connectivity index (χ0) is 12.8. The molecule has 5 heteroatoms. The first-order chi connectivity index (χ1) is 8.10. The van der Waals surface area contributed by atoms with Gasteiger partial charge in [-0.1, -0.05) is 0 Å². The van der Waals surface area contributed by atoms with Crippen molar-refractivity contribution in [1.29, 1.82) is 0 Å². The third-order valence-corrected chi connectivity index (χ3v) is 3.30. The van der Waals surface area contributed by atoms with Crippen LogP contribution in [0, 0.1) is 0 Å². The summed E-state index contributed by atoms with van der Waals surface area (Å²) in [5.74, 6) is -0.242. The molecule has 0 aromatic heterocycles. The van der Waals surface area contributed by atoms with Gasteiger partial charge in [-0.3, -0.25) is 4.79 Å². The van der Waals surface area contributed by atoms with E-state index in [0.717, 1.165) is 25.8 Å². The number of methoxy groups -OCH3 is 1. The van der Waals surface area contributed by atoms with Gasteiger partial charge in [-0.2, -0.15) is 0 Å². The van der Waals surface area contributed by atoms with Crippen molar-refractivity contribution in [2.75, 3.05) is 27.2 Å². The van der Waals surface area contributed by atoms with Crippen LogP contribution < -0.4 is 0 Å². The van der Waals surface area contributed by atoms with Crippen molar-refractivity contribution in [3.05, 3.63) is 0 Å². The Morgan fingerprint density at radius 3 is 2.71 bits per heavy atom. The lowest BCUT2D eigenvalue weighted by Gasteiger charge is -2.37. The van der Waals surface area contributed by atoms with Crippen LogP contribution in [0.3, 0.4) is 0 Å². The molecule has 2 amide bonds. The summed E-state index contributed by atoms with van der Waals surface area (Å²) in [6, 6.07) is 0.0128. The first-order valence-electron chi connectivity index (χ1n) is 6.18. The van der Waals surface area contributed by atoms with Gasteiger partial charge in [0, 0.05) is 26.2 Å². The number of carbonyl (C=O) groups excluding carboxylic acids is 2. The highest BCUT2D eigenvalue weighted by Gasteiger charge is 2.30. The fourth-order valence-corrected chi connectivity index (χ4v) is 2.09. The fourth-order valence-electron chi connectivity index (χ4n) is 2.09. The van der Waals surface area contributed by atoms with Gasteiger partial charge in [-0.25, -0.2) is 4.79 Å². The second kappa shape index (κ2) is 6.47. The van der Waals surface area contributed by atoms with Crippen molar-refractivity contribution in [2.45, 2.75) is 38.6 Å². The molecule has 1 fully saturated rings. The molecular weight excluding hydrogens is 220 g/mol. The van der Waals surface area contributed by atoms with E-state index in [2.05, 4.69) is 4.74 Å². The standard InChI is InChI=1S/C12H22N2O3/c1-4-13(2)12(16)14-8-6-5-7-10(14)9-11(15)17-3/h10H,4-9H2,1-3H3. The van der Waals surface area contributed by atoms with E-state index in [1.807, 2.05) is 11.8 Å². The molecule has 1 unspecified atom stereocenters. The topological polar surface area (TPSA) is 49.9 Å². The SMILES string of the molecule is CCN(C)C(=O)N1CCCCC1CC(=O)OC. The van der Waals surface area contributed by atoms with E-state index >= 15 is 0 Å². The summed E-state index contributed by atoms with van der Waals surface area (Å²) in [5, 5.41) is 0. The van der Waals surface area contributed by atoms with E-state index < -0.39 is 0 Å². The minimum absolute atomic E-state index is 0.00213. The normalized spacial score (nSPS) is 19.9. The molecule has 0 bridgehead atoms. The Morgan fingerprint density at radius 1 is 1.41 bits per heavy atom. The van der Waals surface area contributed by atoms with Crippen LogP contribution in [0.5, 0.6) is 0 Å². The molecule has 17 heavy (non-hydrogen) atoms. The number of carbonyl (C=O) groups is 2. The Bertz CT molecular complexity index is 281. The number of ether oxygens (including phenoxy) is 1. The van der Waals surface area contributed by atoms with E-state index in [4.69, 9.17) is 0 Å². The van der Waals surface area contributed by atoms with Crippen molar-refractivity contribution in [2.24, 2.45) is 0 Å². The molecule has 0 aliphatic carbocycles. The molecule has 5 nitrogen and oxygen atoms in total. The second-order valence-electron chi connectivity index (χ2n) is 4.42. The molecule has 0 spiro atoms. The van der Waals surface area contributed by atoms with Gasteiger partial charge in [0.05, 0.1) is 13.5 Å². The Labute approximate surface area is 103 Å². The summed E-state index contributed by atoms with van der Waals surface area (Å²) >= 11 is 0. The number of rotatable bonds is 3. The lowest BCUT2D eigenvalue weighted by molar-refractivity contribution is -0.142. The van der Waals surface area contributed by atoms with Gasteiger partial charge in [0.25, 0.3) is 0 Å². The second-order valence-corrected chi connectivity index (χ2v) is 4.42. The molecule has 1 saturated heterocycles. The maximum atomic E-state index is 12.1. The summed E-state index contributed by atoms with van der Waals surface area (Å²) < 4.78 is 4.68. The number of hydrogen-bond acceptors (Lipinski definition) is 3. The van der Waals surface area contributed by atoms with Gasteiger partial charge in [-0.15, -0.1) is 0 Å². The molecule has 1 aliphatic rings. The van der Waals surface area contributed by atoms with E-state index in [1.54, 1.807) is 11.9 Å². The Kier molecular flexibility index (Phi) is 5.25. The molecule has 0 radical (unpaired) electrons. The first-order valence-corrected chi connectivity index (χ1v) is 6.18. The van der Waals surface area contributed by atoms with E-state index in [-0.39, 0.29) is 18.0 Å². The fraction of sp³-hybridized carbons (Fsp3) is 0.833. The molecule has 1 heterocycles. The van der Waals surface area contributed by atoms with Crippen molar-refractivity contribution < 1.29 is 14.3 Å². The highest BCUT2D eigenvalue weighted by molar-refractivity contribution is 5.76. The van der Waals surface area contributed by atoms with Gasteiger partial charge in [0.15, 0.2) is 0 Å². The van der Waals surface area contributed by atoms with Gasteiger partial charge in [0.2, 0.25) is 0 Å². The zero-order valence-corrected chi connectivity index (χ0v) is 10.9. The van der Waals surface area contributed by atoms with Crippen molar-refractivity contribution in [3.8, 4) is 0 Å². The molecule has 0 N–H and O–H groups in total. The largest absolute Gasteiger partial charge is 0.469 e. The Hall–Kier alpha value is -1.26. The van der Waals surface area contributed by atoms with Crippen LogP contribution in [0.1, 0.15) is 32.6 Å². The number of hydrogen-bond donors (Lipinski definition) is 0. The van der Waals surface area contributed by atoms with E-state index in [0.29, 0.717) is 13.0 Å². The average Bonchev–Trinajstić information content (AvgIpc) is 2.37. The molecule has 0 aromatic rings. The number of esters is 1. The van der Waals surface area contributed by atoms with Gasteiger partial charge in [-0.05, 0) is 26.2 Å². The highest BCUT2D eigenvalue weighted by atomic mass is 16.5. The minimum atomic E-state index is -0.242. The van der Waals surface area contributed by atoms with Crippen LogP contribution in [0.25, 0.3) is 0 Å². The molecule has 1 rings (SSSR count). The van der Waals surface area contributed by atoms with E-state index in [9.17, 15) is 9.59 Å². The van der Waals surface area contributed by atoms with Crippen LogP contribution in [0.15, 0.2) is 0 Å². The molecule has 1 aliphatic heterocycles. The Morgan fingerprint density at radius 2 is 2.12 bits per heavy atom. The summed E-state index contributed by atoms with van der Waals surface area (Å²) in [6.45, 7) is 3.36. The predicted octanol–water partition coefficient (Wildman–Crippen LogP) is 1.48. The number of likely N-dealkylation sites (tertiary alicyclic amines) is 1. The maximum absolute atomic E-state index is 12.1. The molecule has 1 atom stereocenters. The first kappa shape index (κ1) is 13.8. The molecular formula is C12H22N2O3. The summed E-state index contributed by atoms with van der Waals surface area (Å²) in [5.41, 5.74) is 0. The smallest absolute Gasteiger partial charge is 0.319 e. The Balaban J connectivity index is 2.65. The molecule has 0 saturated carbocycles. The maximum Gasteiger partial charge on any atom is 0.319 e. The number of urea groups is 1. The molecule has 0 aromatic carbocycles. The van der Waals surface area contributed by atoms with E-state index in [1.165, 1.54) is 7.11 Å². The summed E-state index contributed by atoms with van der Waals surface area (Å²) in [4.78, 5) is 26.9. The molecule has 98 valence electrons. The minimum Gasteiger partial charge on any atom is -0.469 e. The third-order valence-electron chi connectivity index (χ3n) is 3.30. The van der Waals surface area contributed by atoms with Crippen molar-refractivity contribution in [3.63, 3.8) is 0 Å². The monoisotopic (exact) mass is 242 g/mol. The summed E-state index contributed by atoms with van der Waals surface area (Å²) in [6.07, 6.45) is 3.28. The quantitative estimate of drug-likeness (QED) is 0.704. The average molecular weight is 242 g/mol. The van der Waals surface area contributed by atoms with Crippen molar-refractivity contribution in [1.82, 2.24) is 9.80 Å². The van der Waals surface area contributed by atoms with Crippen LogP contribution in [-0.2, 0) is 9.53 Å². The van der Waals surface area contributed by atoms with Crippen LogP contribution in [0.2, 0.25) is 0 Å². The van der Waals surface area contributed by atoms with Crippen molar-refractivity contribution >= 4 is 12.0 Å².